The van der Waals surface area contributed by atoms with Gasteiger partial charge in [0.2, 0.25) is 0 Å². The Morgan fingerprint density at radius 1 is 0.667 bits per heavy atom. The number of hydrogen-bond acceptors (Lipinski definition) is 6. The quantitative estimate of drug-likeness (QED) is 0.0938. The Labute approximate surface area is 222 Å². The molecule has 0 bridgehead atoms. The minimum absolute atomic E-state index is 0.0305. The van der Waals surface area contributed by atoms with Crippen molar-refractivity contribution in [2.75, 3.05) is 0 Å². The summed E-state index contributed by atoms with van der Waals surface area (Å²) in [5, 5.41) is 0. The third-order valence-corrected chi connectivity index (χ3v) is 15.9. The standard InChI is InChI=1S/C18H36O2.2C4H5O.C3H7O.O.Zr/c1-17(2)15-13-11-9-7-5-3-4-6-8-10-12-14-16-18(19)20;2*1-4(2)3-5;1-3(2)4;;/h17H,3-16H2,1-2H3,(H,19,20);2*1H2,2H3;3H,1-2H3;;/q;;;-1;;+2/p-1. The molecule has 0 N–H and O–H groups in total. The van der Waals surface area contributed by atoms with Crippen LogP contribution in [-0.4, -0.2) is 19.1 Å². The Kier molecular flexibility index (Phi) is 16.9. The predicted octanol–water partition coefficient (Wildman–Crippen LogP) is 8.14. The van der Waals surface area contributed by atoms with Gasteiger partial charge in [-0.3, -0.25) is 0 Å². The summed E-state index contributed by atoms with van der Waals surface area (Å²) < 4.78 is 22.6. The summed E-state index contributed by atoms with van der Waals surface area (Å²) >= 11 is -7.08. The molecule has 0 aromatic heterocycles. The molecule has 0 aliphatic heterocycles. The van der Waals surface area contributed by atoms with Crippen molar-refractivity contribution < 1.29 is 42.5 Å². The van der Waals surface area contributed by atoms with Crippen molar-refractivity contribution >= 4 is 13.0 Å². The topological polar surface area (TPSA) is 86.7 Å². The molecule has 0 saturated carbocycles. The van der Waals surface area contributed by atoms with Crippen LogP contribution < -0.4 is 0 Å². The number of hydrogen-bond donors (Lipinski definition) is 0. The molecule has 0 rings (SSSR count). The van der Waals surface area contributed by atoms with Gasteiger partial charge in [0, 0.05) is 0 Å². The van der Waals surface area contributed by atoms with Crippen LogP contribution in [-0.2, 0) is 42.5 Å². The summed E-state index contributed by atoms with van der Waals surface area (Å²) in [4.78, 5) is 38.5. The van der Waals surface area contributed by atoms with Crippen molar-refractivity contribution in [3.63, 3.8) is 0 Å². The van der Waals surface area contributed by atoms with Gasteiger partial charge in [0.1, 0.15) is 0 Å². The molecule has 0 aromatic rings. The first kappa shape index (κ1) is 34.9. The zero-order valence-corrected chi connectivity index (χ0v) is 26.4. The Hall–Kier alpha value is -1.07. The van der Waals surface area contributed by atoms with Gasteiger partial charge in [-0.15, -0.1) is 0 Å². The van der Waals surface area contributed by atoms with Gasteiger partial charge in [0.25, 0.3) is 0 Å². The van der Waals surface area contributed by atoms with E-state index in [-0.39, 0.29) is 17.6 Å². The van der Waals surface area contributed by atoms with Crippen LogP contribution in [0.3, 0.4) is 0 Å². The first-order valence-corrected chi connectivity index (χ1v) is 19.4. The number of carbonyl (C=O) groups is 3. The van der Waals surface area contributed by atoms with Crippen LogP contribution >= 0.6 is 0 Å². The Morgan fingerprint density at radius 3 is 1.36 bits per heavy atom. The van der Waals surface area contributed by atoms with E-state index in [1.54, 1.807) is 0 Å². The van der Waals surface area contributed by atoms with Crippen LogP contribution in [0.1, 0.15) is 131 Å². The molecule has 208 valence electrons. The molecule has 0 saturated heterocycles. The van der Waals surface area contributed by atoms with Crippen molar-refractivity contribution in [1.82, 2.24) is 0 Å². The van der Waals surface area contributed by atoms with E-state index in [0.29, 0.717) is 6.42 Å². The van der Waals surface area contributed by atoms with Crippen molar-refractivity contribution in [2.24, 2.45) is 5.92 Å². The first-order chi connectivity index (χ1) is 16.7. The average Bonchev–Trinajstić information content (AvgIpc) is 2.77. The monoisotopic (exact) mass is 586 g/mol. The van der Waals surface area contributed by atoms with E-state index < -0.39 is 38.7 Å². The van der Waals surface area contributed by atoms with Crippen LogP contribution in [0.2, 0.25) is 0 Å². The zero-order chi connectivity index (χ0) is 27.8. The molecule has 0 radical (unpaired) electrons. The van der Waals surface area contributed by atoms with Gasteiger partial charge in [0.15, 0.2) is 0 Å². The van der Waals surface area contributed by atoms with Crippen LogP contribution in [0, 0.1) is 5.92 Å². The molecule has 0 spiro atoms. The third-order valence-electron chi connectivity index (χ3n) is 6.22. The van der Waals surface area contributed by atoms with Crippen molar-refractivity contribution in [1.29, 1.82) is 0 Å². The molecule has 0 aliphatic carbocycles. The van der Waals surface area contributed by atoms with Gasteiger partial charge in [-0.05, 0) is 5.92 Å². The summed E-state index contributed by atoms with van der Waals surface area (Å²) in [7, 11) is 0. The maximum absolute atomic E-state index is 14.1. The van der Waals surface area contributed by atoms with Crippen molar-refractivity contribution in [3.05, 3.63) is 24.3 Å². The summed E-state index contributed by atoms with van der Waals surface area (Å²) in [5.41, 5.74) is -0.297. The number of allylic oxidation sites excluding steroid dienone is 2. The van der Waals surface area contributed by atoms with Crippen LogP contribution in [0.4, 0.5) is 0 Å². The van der Waals surface area contributed by atoms with Crippen molar-refractivity contribution in [2.45, 2.75) is 138 Å². The number of carbonyl (C=O) groups excluding carboxylic acids is 3. The molecule has 36 heavy (non-hydrogen) atoms. The van der Waals surface area contributed by atoms with Gasteiger partial charge in [-0.1, -0.05) is 39.5 Å². The fourth-order valence-electron chi connectivity index (χ4n) is 4.34. The molecule has 0 atom stereocenters. The molecule has 0 amide bonds. The summed E-state index contributed by atoms with van der Waals surface area (Å²) in [6.07, 6.45) is 14.4. The Bertz CT molecular complexity index is 779. The van der Waals surface area contributed by atoms with Crippen molar-refractivity contribution in [3.8, 4) is 0 Å². The Balaban J connectivity index is 4.48. The van der Waals surface area contributed by atoms with Gasteiger partial charge in [-0.25, -0.2) is 0 Å². The molecular formula is C29H52O6Zr. The summed E-state index contributed by atoms with van der Waals surface area (Å²) in [6.45, 7) is 17.3. The van der Waals surface area contributed by atoms with Gasteiger partial charge >= 0.3 is 178 Å². The van der Waals surface area contributed by atoms with E-state index in [2.05, 4.69) is 27.0 Å². The molecular weight excluding hydrogens is 536 g/mol. The average molecular weight is 588 g/mol. The second-order valence-corrected chi connectivity index (χ2v) is 19.2. The van der Waals surface area contributed by atoms with E-state index in [0.717, 1.165) is 25.2 Å². The maximum atomic E-state index is 14.1. The molecule has 0 heterocycles. The third kappa shape index (κ3) is 12.5. The van der Waals surface area contributed by atoms with Crippen LogP contribution in [0.15, 0.2) is 24.3 Å². The Morgan fingerprint density at radius 2 is 1.03 bits per heavy atom. The number of unbranched alkanes of at least 4 members (excludes halogenated alkanes) is 11. The van der Waals surface area contributed by atoms with E-state index in [9.17, 15) is 17.2 Å². The SMILES string of the molecule is C=C(C)[C](=O)[Zr](=[O])([O]C(=O)CCCCCCCCCCCCCCC(C)C)([O]C(C)C)[C](=O)C(=C)C. The normalized spacial score (nSPS) is 12.1. The summed E-state index contributed by atoms with van der Waals surface area (Å²) in [6, 6.07) is 0. The number of rotatable bonds is 22. The second-order valence-electron chi connectivity index (χ2n) is 11.0. The van der Waals surface area contributed by atoms with E-state index in [1.165, 1.54) is 85.5 Å². The van der Waals surface area contributed by atoms with Crippen LogP contribution in [0.5, 0.6) is 0 Å². The fourth-order valence-corrected chi connectivity index (χ4v) is 12.9. The molecule has 0 aliphatic rings. The molecule has 0 aromatic carbocycles. The van der Waals surface area contributed by atoms with Gasteiger partial charge in [0.05, 0.1) is 0 Å². The predicted molar refractivity (Wildman–Crippen MR) is 142 cm³/mol. The first-order valence-electron chi connectivity index (χ1n) is 13.9. The van der Waals surface area contributed by atoms with E-state index >= 15 is 0 Å². The minimum atomic E-state index is -7.08. The molecule has 0 unspecified atom stereocenters. The molecule has 0 fully saturated rings. The zero-order valence-electron chi connectivity index (χ0n) is 23.9. The molecule has 7 heteroatoms. The van der Waals surface area contributed by atoms with E-state index in [1.807, 2.05) is 0 Å². The van der Waals surface area contributed by atoms with Gasteiger partial charge < -0.3 is 0 Å². The van der Waals surface area contributed by atoms with Crippen LogP contribution in [0.25, 0.3) is 0 Å². The molecule has 6 nitrogen and oxygen atoms in total. The second kappa shape index (κ2) is 17.4. The van der Waals surface area contributed by atoms with E-state index in [4.69, 9.17) is 5.63 Å². The summed E-state index contributed by atoms with van der Waals surface area (Å²) in [5.74, 6) is -0.0421. The van der Waals surface area contributed by atoms with Gasteiger partial charge in [-0.2, -0.15) is 0 Å². The fraction of sp³-hybridized carbons (Fsp3) is 0.759.